The summed E-state index contributed by atoms with van der Waals surface area (Å²) in [5.74, 6) is 2.10. The highest BCUT2D eigenvalue weighted by Gasteiger charge is 2.13. The molecule has 0 radical (unpaired) electrons. The van der Waals surface area contributed by atoms with Crippen LogP contribution in [0.25, 0.3) is 0 Å². The van der Waals surface area contributed by atoms with Crippen LogP contribution in [0.3, 0.4) is 0 Å². The number of nitrogens with one attached hydrogen (secondary N) is 1. The van der Waals surface area contributed by atoms with Crippen molar-refractivity contribution in [3.05, 3.63) is 17.6 Å². The fraction of sp³-hybridized carbons (Fsp3) is 0.692. The lowest BCUT2D eigenvalue weighted by molar-refractivity contribution is 0.582. The van der Waals surface area contributed by atoms with E-state index in [1.165, 1.54) is 12.8 Å². The van der Waals surface area contributed by atoms with E-state index in [1.54, 1.807) is 0 Å². The molecular weight excluding hydrogens is 212 g/mol. The smallest absolute Gasteiger partial charge is 0.132 e. The molecule has 0 bridgehead atoms. The molecule has 2 rings (SSSR count). The van der Waals surface area contributed by atoms with Gasteiger partial charge in [0.15, 0.2) is 0 Å². The van der Waals surface area contributed by atoms with Crippen LogP contribution in [0.5, 0.6) is 0 Å². The number of rotatable bonds is 4. The van der Waals surface area contributed by atoms with Crippen molar-refractivity contribution >= 4 is 5.82 Å². The molecule has 0 amide bonds. The Morgan fingerprint density at radius 2 is 2.06 bits per heavy atom. The molecule has 1 saturated heterocycles. The van der Waals surface area contributed by atoms with E-state index in [0.717, 1.165) is 49.9 Å². The third kappa shape index (κ3) is 3.40. The Morgan fingerprint density at radius 1 is 1.29 bits per heavy atom. The average Bonchev–Trinajstić information content (AvgIpc) is 2.37. The molecule has 0 aromatic carbocycles. The summed E-state index contributed by atoms with van der Waals surface area (Å²) in [6.45, 7) is 8.45. The van der Waals surface area contributed by atoms with Crippen molar-refractivity contribution in [2.24, 2.45) is 0 Å². The minimum atomic E-state index is 0.997. The van der Waals surface area contributed by atoms with Crippen molar-refractivity contribution in [2.75, 3.05) is 31.1 Å². The zero-order chi connectivity index (χ0) is 12.1. The fourth-order valence-corrected chi connectivity index (χ4v) is 2.11. The second-order valence-electron chi connectivity index (χ2n) is 4.62. The Balaban J connectivity index is 2.12. The Morgan fingerprint density at radius 3 is 2.76 bits per heavy atom. The number of unbranched alkanes of at least 4 members (excludes halogenated alkanes) is 1. The topological polar surface area (TPSA) is 41.1 Å². The van der Waals surface area contributed by atoms with Crippen LogP contribution in [-0.4, -0.2) is 36.1 Å². The molecule has 2 heterocycles. The normalized spacial score (nSPS) is 16.2. The van der Waals surface area contributed by atoms with E-state index >= 15 is 0 Å². The summed E-state index contributed by atoms with van der Waals surface area (Å²) in [4.78, 5) is 11.5. The second kappa shape index (κ2) is 5.96. The average molecular weight is 234 g/mol. The number of hydrogen-bond acceptors (Lipinski definition) is 4. The first-order chi connectivity index (χ1) is 8.29. The SMILES string of the molecule is CCCCc1nc(C)cc(N2CCNCC2)n1. The molecule has 1 aromatic heterocycles. The minimum absolute atomic E-state index is 0.997. The van der Waals surface area contributed by atoms with Gasteiger partial charge in [-0.3, -0.25) is 0 Å². The third-order valence-corrected chi connectivity index (χ3v) is 3.08. The van der Waals surface area contributed by atoms with Gasteiger partial charge in [0.05, 0.1) is 0 Å². The van der Waals surface area contributed by atoms with Crippen LogP contribution >= 0.6 is 0 Å². The number of hydrogen-bond donors (Lipinski definition) is 1. The monoisotopic (exact) mass is 234 g/mol. The van der Waals surface area contributed by atoms with Gasteiger partial charge in [-0.1, -0.05) is 13.3 Å². The van der Waals surface area contributed by atoms with Gasteiger partial charge in [0.1, 0.15) is 11.6 Å². The number of aromatic nitrogens is 2. The quantitative estimate of drug-likeness (QED) is 0.858. The first-order valence-corrected chi connectivity index (χ1v) is 6.60. The first kappa shape index (κ1) is 12.3. The summed E-state index contributed by atoms with van der Waals surface area (Å²) >= 11 is 0. The van der Waals surface area contributed by atoms with Gasteiger partial charge >= 0.3 is 0 Å². The molecule has 0 atom stereocenters. The van der Waals surface area contributed by atoms with Crippen LogP contribution < -0.4 is 10.2 Å². The lowest BCUT2D eigenvalue weighted by Gasteiger charge is -2.28. The predicted molar refractivity (Wildman–Crippen MR) is 70.5 cm³/mol. The zero-order valence-electron chi connectivity index (χ0n) is 10.9. The molecule has 4 heteroatoms. The Labute approximate surface area is 103 Å². The molecule has 0 aliphatic carbocycles. The Hall–Kier alpha value is -1.16. The Bertz CT molecular complexity index is 358. The van der Waals surface area contributed by atoms with Gasteiger partial charge in [-0.05, 0) is 13.3 Å². The highest BCUT2D eigenvalue weighted by atomic mass is 15.2. The molecule has 94 valence electrons. The van der Waals surface area contributed by atoms with Crippen LogP contribution in [-0.2, 0) is 6.42 Å². The lowest BCUT2D eigenvalue weighted by Crippen LogP contribution is -2.44. The van der Waals surface area contributed by atoms with Crippen molar-refractivity contribution < 1.29 is 0 Å². The molecule has 0 saturated carbocycles. The summed E-state index contributed by atoms with van der Waals surface area (Å²) in [5.41, 5.74) is 1.08. The maximum absolute atomic E-state index is 4.68. The van der Waals surface area contributed by atoms with E-state index in [4.69, 9.17) is 0 Å². The van der Waals surface area contributed by atoms with Crippen LogP contribution in [0.4, 0.5) is 5.82 Å². The molecule has 1 aliphatic rings. The van der Waals surface area contributed by atoms with E-state index in [-0.39, 0.29) is 0 Å². The van der Waals surface area contributed by atoms with Crippen molar-refractivity contribution in [3.8, 4) is 0 Å². The van der Waals surface area contributed by atoms with Crippen molar-refractivity contribution in [3.63, 3.8) is 0 Å². The summed E-state index contributed by atoms with van der Waals surface area (Å²) in [6, 6.07) is 2.10. The number of aryl methyl sites for hydroxylation is 2. The van der Waals surface area contributed by atoms with E-state index in [2.05, 4.69) is 40.1 Å². The highest BCUT2D eigenvalue weighted by Crippen LogP contribution is 2.14. The highest BCUT2D eigenvalue weighted by molar-refractivity contribution is 5.40. The molecule has 1 aromatic rings. The second-order valence-corrected chi connectivity index (χ2v) is 4.62. The minimum Gasteiger partial charge on any atom is -0.354 e. The molecule has 1 N–H and O–H groups in total. The molecule has 4 nitrogen and oxygen atoms in total. The number of piperazine rings is 1. The summed E-state index contributed by atoms with van der Waals surface area (Å²) in [5, 5.41) is 3.36. The van der Waals surface area contributed by atoms with Crippen LogP contribution in [0.2, 0.25) is 0 Å². The van der Waals surface area contributed by atoms with Crippen LogP contribution in [0, 0.1) is 6.92 Å². The van der Waals surface area contributed by atoms with Crippen LogP contribution in [0.1, 0.15) is 31.3 Å². The lowest BCUT2D eigenvalue weighted by atomic mass is 10.2. The van der Waals surface area contributed by atoms with Crippen molar-refractivity contribution in [1.29, 1.82) is 0 Å². The molecule has 1 aliphatic heterocycles. The predicted octanol–water partition coefficient (Wildman–Crippen LogP) is 1.54. The van der Waals surface area contributed by atoms with Gasteiger partial charge in [0.2, 0.25) is 0 Å². The van der Waals surface area contributed by atoms with Gasteiger partial charge in [-0.15, -0.1) is 0 Å². The van der Waals surface area contributed by atoms with Crippen molar-refractivity contribution in [1.82, 2.24) is 15.3 Å². The number of anilines is 1. The van der Waals surface area contributed by atoms with Gasteiger partial charge in [-0.25, -0.2) is 9.97 Å². The van der Waals surface area contributed by atoms with Gasteiger partial charge in [0, 0.05) is 44.4 Å². The molecule has 17 heavy (non-hydrogen) atoms. The van der Waals surface area contributed by atoms with E-state index in [0.29, 0.717) is 0 Å². The first-order valence-electron chi connectivity index (χ1n) is 6.60. The molecule has 0 spiro atoms. The third-order valence-electron chi connectivity index (χ3n) is 3.08. The van der Waals surface area contributed by atoms with E-state index in [9.17, 15) is 0 Å². The largest absolute Gasteiger partial charge is 0.354 e. The van der Waals surface area contributed by atoms with Crippen LogP contribution in [0.15, 0.2) is 6.07 Å². The zero-order valence-corrected chi connectivity index (χ0v) is 10.9. The van der Waals surface area contributed by atoms with Gasteiger partial charge in [-0.2, -0.15) is 0 Å². The standard InChI is InChI=1S/C13H22N4/c1-3-4-5-12-15-11(2)10-13(16-12)17-8-6-14-7-9-17/h10,14H,3-9H2,1-2H3. The maximum atomic E-state index is 4.68. The van der Waals surface area contributed by atoms with E-state index in [1.807, 2.05) is 0 Å². The molecule has 1 fully saturated rings. The Kier molecular flexibility index (Phi) is 4.31. The van der Waals surface area contributed by atoms with E-state index < -0.39 is 0 Å². The fourth-order valence-electron chi connectivity index (χ4n) is 2.11. The van der Waals surface area contributed by atoms with Gasteiger partial charge < -0.3 is 10.2 Å². The maximum Gasteiger partial charge on any atom is 0.132 e. The van der Waals surface area contributed by atoms with Gasteiger partial charge in [0.25, 0.3) is 0 Å². The molecular formula is C13H22N4. The number of nitrogens with zero attached hydrogens (tertiary/aromatic N) is 3. The summed E-state index contributed by atoms with van der Waals surface area (Å²) in [6.07, 6.45) is 3.36. The molecule has 0 unspecified atom stereocenters. The van der Waals surface area contributed by atoms with Crippen molar-refractivity contribution in [2.45, 2.75) is 33.1 Å². The summed E-state index contributed by atoms with van der Waals surface area (Å²) < 4.78 is 0. The summed E-state index contributed by atoms with van der Waals surface area (Å²) in [7, 11) is 0.